The Hall–Kier alpha value is -2.17. The second-order valence-corrected chi connectivity index (χ2v) is 4.23. The van der Waals surface area contributed by atoms with Crippen molar-refractivity contribution in [2.75, 3.05) is 0 Å². The van der Waals surface area contributed by atoms with Gasteiger partial charge in [-0.3, -0.25) is 9.78 Å². The highest BCUT2D eigenvalue weighted by Gasteiger charge is 2.08. The second kappa shape index (κ2) is 5.95. The van der Waals surface area contributed by atoms with Crippen molar-refractivity contribution < 1.29 is 4.79 Å². The fourth-order valence-corrected chi connectivity index (χ4v) is 1.75. The molecule has 0 aromatic carbocycles. The molecule has 2 aromatic heterocycles. The molecule has 94 valence electrons. The van der Waals surface area contributed by atoms with E-state index in [2.05, 4.69) is 15.3 Å². The van der Waals surface area contributed by atoms with Crippen LogP contribution in [0.3, 0.4) is 0 Å². The van der Waals surface area contributed by atoms with Crippen LogP contribution in [0.1, 0.15) is 12.6 Å². The van der Waals surface area contributed by atoms with E-state index >= 15 is 0 Å². The zero-order valence-electron chi connectivity index (χ0n) is 10.3. The average Bonchev–Trinajstić information content (AvgIpc) is 2.82. The lowest BCUT2D eigenvalue weighted by Crippen LogP contribution is -2.36. The zero-order valence-corrected chi connectivity index (χ0v) is 10.3. The van der Waals surface area contributed by atoms with Crippen LogP contribution in [0.5, 0.6) is 0 Å². The zero-order chi connectivity index (χ0) is 12.8. The third-order valence-electron chi connectivity index (χ3n) is 2.53. The van der Waals surface area contributed by atoms with Crippen molar-refractivity contribution in [1.29, 1.82) is 0 Å². The molecule has 0 saturated carbocycles. The maximum atomic E-state index is 11.7. The maximum Gasteiger partial charge on any atom is 0.240 e. The second-order valence-electron chi connectivity index (χ2n) is 4.23. The van der Waals surface area contributed by atoms with Crippen LogP contribution >= 0.6 is 0 Å². The molecule has 0 bridgehead atoms. The summed E-state index contributed by atoms with van der Waals surface area (Å²) in [5.74, 6) is -0.0172. The Labute approximate surface area is 106 Å². The predicted molar refractivity (Wildman–Crippen MR) is 67.8 cm³/mol. The number of pyridine rings is 1. The number of carbonyl (C=O) groups is 1. The van der Waals surface area contributed by atoms with Crippen molar-refractivity contribution in [3.05, 3.63) is 48.8 Å². The molecule has 2 aromatic rings. The van der Waals surface area contributed by atoms with Crippen molar-refractivity contribution in [2.24, 2.45) is 0 Å². The molecule has 0 aliphatic heterocycles. The summed E-state index contributed by atoms with van der Waals surface area (Å²) in [7, 11) is 0. The van der Waals surface area contributed by atoms with Gasteiger partial charge in [0, 0.05) is 36.7 Å². The first kappa shape index (κ1) is 12.3. The molecule has 5 nitrogen and oxygen atoms in total. The Morgan fingerprint density at radius 1 is 1.44 bits per heavy atom. The number of hydrogen-bond donors (Lipinski definition) is 1. The quantitative estimate of drug-likeness (QED) is 0.854. The number of nitrogens with zero attached hydrogens (tertiary/aromatic N) is 3. The van der Waals surface area contributed by atoms with Gasteiger partial charge in [0.25, 0.3) is 0 Å². The highest BCUT2D eigenvalue weighted by atomic mass is 16.2. The van der Waals surface area contributed by atoms with E-state index < -0.39 is 0 Å². The van der Waals surface area contributed by atoms with E-state index in [1.807, 2.05) is 25.1 Å². The molecule has 18 heavy (non-hydrogen) atoms. The third kappa shape index (κ3) is 3.69. The van der Waals surface area contributed by atoms with Gasteiger partial charge in [-0.1, -0.05) is 6.07 Å². The summed E-state index contributed by atoms with van der Waals surface area (Å²) in [5, 5.41) is 2.94. The summed E-state index contributed by atoms with van der Waals surface area (Å²) >= 11 is 0. The van der Waals surface area contributed by atoms with Gasteiger partial charge >= 0.3 is 0 Å². The first-order chi connectivity index (χ1) is 8.74. The summed E-state index contributed by atoms with van der Waals surface area (Å²) in [6.45, 7) is 2.27. The van der Waals surface area contributed by atoms with Crippen molar-refractivity contribution in [3.63, 3.8) is 0 Å². The van der Waals surface area contributed by atoms with Crippen LogP contribution < -0.4 is 5.32 Å². The minimum absolute atomic E-state index is 0.0172. The molecule has 1 N–H and O–H groups in total. The SMILES string of the molecule is C[C@@H](Cc1ccccn1)NC(=O)Cn1ccnc1. The Kier molecular flexibility index (Phi) is 4.06. The lowest BCUT2D eigenvalue weighted by atomic mass is 10.1. The van der Waals surface area contributed by atoms with Gasteiger partial charge in [0.05, 0.1) is 6.33 Å². The molecule has 0 aliphatic rings. The predicted octanol–water partition coefficient (Wildman–Crippen LogP) is 1.03. The van der Waals surface area contributed by atoms with Gasteiger partial charge in [-0.15, -0.1) is 0 Å². The summed E-state index contributed by atoms with van der Waals surface area (Å²) in [5.41, 5.74) is 0.980. The summed E-state index contributed by atoms with van der Waals surface area (Å²) < 4.78 is 1.74. The molecule has 1 amide bonds. The van der Waals surface area contributed by atoms with Crippen molar-refractivity contribution in [3.8, 4) is 0 Å². The maximum absolute atomic E-state index is 11.7. The summed E-state index contributed by atoms with van der Waals surface area (Å²) in [4.78, 5) is 19.9. The van der Waals surface area contributed by atoms with E-state index in [1.165, 1.54) is 0 Å². The fraction of sp³-hybridized carbons (Fsp3) is 0.308. The van der Waals surface area contributed by atoms with E-state index in [4.69, 9.17) is 0 Å². The normalized spacial score (nSPS) is 12.1. The molecule has 2 heterocycles. The van der Waals surface area contributed by atoms with Gasteiger partial charge in [-0.25, -0.2) is 4.98 Å². The lowest BCUT2D eigenvalue weighted by molar-refractivity contribution is -0.122. The number of imidazole rings is 1. The first-order valence-electron chi connectivity index (χ1n) is 5.89. The summed E-state index contributed by atoms with van der Waals surface area (Å²) in [6, 6.07) is 5.85. The van der Waals surface area contributed by atoms with Gasteiger partial charge in [0.15, 0.2) is 0 Å². The van der Waals surface area contributed by atoms with Gasteiger partial charge < -0.3 is 9.88 Å². The molecular formula is C13H16N4O. The van der Waals surface area contributed by atoms with Crippen LogP contribution in [0.25, 0.3) is 0 Å². The molecule has 0 spiro atoms. The number of aromatic nitrogens is 3. The Bertz CT molecular complexity index is 481. The lowest BCUT2D eigenvalue weighted by Gasteiger charge is -2.13. The minimum Gasteiger partial charge on any atom is -0.352 e. The molecule has 5 heteroatoms. The molecule has 0 radical (unpaired) electrons. The van der Waals surface area contributed by atoms with Crippen LogP contribution in [-0.4, -0.2) is 26.5 Å². The Morgan fingerprint density at radius 2 is 2.33 bits per heavy atom. The minimum atomic E-state index is -0.0172. The van der Waals surface area contributed by atoms with E-state index in [0.29, 0.717) is 6.54 Å². The van der Waals surface area contributed by atoms with E-state index in [0.717, 1.165) is 12.1 Å². The molecular weight excluding hydrogens is 228 g/mol. The van der Waals surface area contributed by atoms with E-state index in [1.54, 1.807) is 29.5 Å². The topological polar surface area (TPSA) is 59.8 Å². The van der Waals surface area contributed by atoms with Crippen molar-refractivity contribution in [1.82, 2.24) is 19.9 Å². The van der Waals surface area contributed by atoms with Crippen molar-refractivity contribution >= 4 is 5.91 Å². The summed E-state index contributed by atoms with van der Waals surface area (Å²) in [6.07, 6.45) is 7.54. The number of nitrogens with one attached hydrogen (secondary N) is 1. The Balaban J connectivity index is 1.80. The third-order valence-corrected chi connectivity index (χ3v) is 2.53. The molecule has 0 unspecified atom stereocenters. The van der Waals surface area contributed by atoms with Gasteiger partial charge in [-0.05, 0) is 19.1 Å². The molecule has 2 rings (SSSR count). The van der Waals surface area contributed by atoms with Gasteiger partial charge in [-0.2, -0.15) is 0 Å². The van der Waals surface area contributed by atoms with E-state index in [-0.39, 0.29) is 11.9 Å². The smallest absolute Gasteiger partial charge is 0.240 e. The standard InChI is InChI=1S/C13H16N4O/c1-11(8-12-4-2-3-5-15-12)16-13(18)9-17-7-6-14-10-17/h2-7,10-11H,8-9H2,1H3,(H,16,18)/t11-/m0/s1. The number of amides is 1. The largest absolute Gasteiger partial charge is 0.352 e. The average molecular weight is 244 g/mol. The van der Waals surface area contributed by atoms with Gasteiger partial charge in [0.2, 0.25) is 5.91 Å². The molecule has 1 atom stereocenters. The van der Waals surface area contributed by atoms with Crippen LogP contribution in [0, 0.1) is 0 Å². The number of rotatable bonds is 5. The molecule has 0 saturated heterocycles. The van der Waals surface area contributed by atoms with E-state index in [9.17, 15) is 4.79 Å². The molecule has 0 fully saturated rings. The highest BCUT2D eigenvalue weighted by molar-refractivity contribution is 5.76. The van der Waals surface area contributed by atoms with Crippen LogP contribution in [-0.2, 0) is 17.8 Å². The van der Waals surface area contributed by atoms with Crippen molar-refractivity contribution in [2.45, 2.75) is 25.9 Å². The number of carbonyl (C=O) groups excluding carboxylic acids is 1. The first-order valence-corrected chi connectivity index (χ1v) is 5.89. The van der Waals surface area contributed by atoms with Crippen LogP contribution in [0.4, 0.5) is 0 Å². The Morgan fingerprint density at radius 3 is 3.00 bits per heavy atom. The molecule has 0 aliphatic carbocycles. The van der Waals surface area contributed by atoms with Crippen LogP contribution in [0.15, 0.2) is 43.1 Å². The monoisotopic (exact) mass is 244 g/mol. The van der Waals surface area contributed by atoms with Crippen LogP contribution in [0.2, 0.25) is 0 Å². The van der Waals surface area contributed by atoms with Gasteiger partial charge in [0.1, 0.15) is 6.54 Å². The highest BCUT2D eigenvalue weighted by Crippen LogP contribution is 1.99. The fourth-order valence-electron chi connectivity index (χ4n) is 1.75. The number of hydrogen-bond acceptors (Lipinski definition) is 3.